The Hall–Kier alpha value is -3.09. The standard InChI is InChI=1S/C17H20N4O3/c1-19(2)14-7-4-12(5-8-14)11-20(3)17(22)13-6-9-15(18)16(10-13)21(23)24/h4-10H,11,18H2,1-3H3. The molecule has 0 heterocycles. The van der Waals surface area contributed by atoms with Crippen LogP contribution in [-0.4, -0.2) is 36.9 Å². The Labute approximate surface area is 140 Å². The van der Waals surface area contributed by atoms with Crippen molar-refractivity contribution in [2.45, 2.75) is 6.54 Å². The molecule has 7 heteroatoms. The van der Waals surface area contributed by atoms with Gasteiger partial charge in [0.05, 0.1) is 4.92 Å². The average Bonchev–Trinajstić information content (AvgIpc) is 2.54. The van der Waals surface area contributed by atoms with Crippen LogP contribution >= 0.6 is 0 Å². The largest absolute Gasteiger partial charge is 0.393 e. The van der Waals surface area contributed by atoms with Crippen LogP contribution in [0.25, 0.3) is 0 Å². The van der Waals surface area contributed by atoms with E-state index in [9.17, 15) is 14.9 Å². The number of nitrogen functional groups attached to an aromatic ring is 1. The van der Waals surface area contributed by atoms with Gasteiger partial charge in [0.15, 0.2) is 0 Å². The number of amides is 1. The Kier molecular flexibility index (Phi) is 5.03. The van der Waals surface area contributed by atoms with Crippen molar-refractivity contribution in [3.05, 3.63) is 63.7 Å². The molecule has 126 valence electrons. The van der Waals surface area contributed by atoms with Gasteiger partial charge in [-0.1, -0.05) is 12.1 Å². The average molecular weight is 328 g/mol. The van der Waals surface area contributed by atoms with Crippen molar-refractivity contribution in [3.63, 3.8) is 0 Å². The van der Waals surface area contributed by atoms with Crippen LogP contribution in [0.2, 0.25) is 0 Å². The van der Waals surface area contributed by atoms with Gasteiger partial charge in [-0.15, -0.1) is 0 Å². The summed E-state index contributed by atoms with van der Waals surface area (Å²) >= 11 is 0. The number of anilines is 2. The van der Waals surface area contributed by atoms with E-state index < -0.39 is 4.92 Å². The van der Waals surface area contributed by atoms with E-state index in [2.05, 4.69) is 0 Å². The number of hydrogen-bond donors (Lipinski definition) is 1. The molecule has 0 unspecified atom stereocenters. The van der Waals surface area contributed by atoms with E-state index in [-0.39, 0.29) is 22.8 Å². The maximum Gasteiger partial charge on any atom is 0.292 e. The van der Waals surface area contributed by atoms with Crippen molar-refractivity contribution in [2.75, 3.05) is 31.8 Å². The first kappa shape index (κ1) is 17.3. The van der Waals surface area contributed by atoms with Gasteiger partial charge in [-0.05, 0) is 29.8 Å². The molecule has 0 radical (unpaired) electrons. The van der Waals surface area contributed by atoms with Gasteiger partial charge in [-0.25, -0.2) is 0 Å². The van der Waals surface area contributed by atoms with Crippen molar-refractivity contribution in [3.8, 4) is 0 Å². The first-order valence-electron chi connectivity index (χ1n) is 7.35. The smallest absolute Gasteiger partial charge is 0.292 e. The summed E-state index contributed by atoms with van der Waals surface area (Å²) in [6.45, 7) is 0.407. The topological polar surface area (TPSA) is 92.7 Å². The Morgan fingerprint density at radius 1 is 1.12 bits per heavy atom. The molecule has 0 saturated carbocycles. The summed E-state index contributed by atoms with van der Waals surface area (Å²) in [6.07, 6.45) is 0. The highest BCUT2D eigenvalue weighted by Gasteiger charge is 2.18. The van der Waals surface area contributed by atoms with Crippen molar-refractivity contribution in [2.24, 2.45) is 0 Å². The van der Waals surface area contributed by atoms with Crippen molar-refractivity contribution in [1.82, 2.24) is 4.90 Å². The Morgan fingerprint density at radius 2 is 1.75 bits per heavy atom. The lowest BCUT2D eigenvalue weighted by Crippen LogP contribution is -2.26. The van der Waals surface area contributed by atoms with Crippen LogP contribution in [-0.2, 0) is 6.54 Å². The predicted octanol–water partition coefficient (Wildman–Crippen LogP) is 2.52. The molecule has 0 aromatic heterocycles. The fourth-order valence-corrected chi connectivity index (χ4v) is 2.30. The molecule has 1 amide bonds. The van der Waals surface area contributed by atoms with Crippen LogP contribution in [0, 0.1) is 10.1 Å². The van der Waals surface area contributed by atoms with Crippen LogP contribution in [0.5, 0.6) is 0 Å². The molecular formula is C17H20N4O3. The molecule has 24 heavy (non-hydrogen) atoms. The summed E-state index contributed by atoms with van der Waals surface area (Å²) in [5, 5.41) is 10.9. The van der Waals surface area contributed by atoms with E-state index in [1.807, 2.05) is 43.3 Å². The third-order valence-corrected chi connectivity index (χ3v) is 3.69. The molecule has 0 spiro atoms. The first-order chi connectivity index (χ1) is 11.3. The zero-order valence-electron chi connectivity index (χ0n) is 13.9. The van der Waals surface area contributed by atoms with Gasteiger partial charge in [0.25, 0.3) is 11.6 Å². The van der Waals surface area contributed by atoms with E-state index in [4.69, 9.17) is 5.73 Å². The van der Waals surface area contributed by atoms with Crippen LogP contribution in [0.1, 0.15) is 15.9 Å². The van der Waals surface area contributed by atoms with E-state index >= 15 is 0 Å². The second-order valence-corrected chi connectivity index (χ2v) is 5.75. The van der Waals surface area contributed by atoms with Gasteiger partial charge < -0.3 is 15.5 Å². The molecular weight excluding hydrogens is 308 g/mol. The number of benzene rings is 2. The summed E-state index contributed by atoms with van der Waals surface area (Å²) in [5.74, 6) is -0.296. The highest BCUT2D eigenvalue weighted by molar-refractivity contribution is 5.95. The zero-order valence-corrected chi connectivity index (χ0v) is 13.9. The molecule has 0 aliphatic rings. The van der Waals surface area contributed by atoms with Crippen LogP contribution in [0.15, 0.2) is 42.5 Å². The molecule has 0 fully saturated rings. The number of rotatable bonds is 5. The third kappa shape index (κ3) is 3.81. The SMILES string of the molecule is CN(Cc1ccc(N(C)C)cc1)C(=O)c1ccc(N)c([N+](=O)[O-])c1. The lowest BCUT2D eigenvalue weighted by atomic mass is 10.1. The molecule has 0 atom stereocenters. The molecule has 7 nitrogen and oxygen atoms in total. The zero-order chi connectivity index (χ0) is 17.9. The number of carbonyl (C=O) groups excluding carboxylic acids is 1. The second-order valence-electron chi connectivity index (χ2n) is 5.75. The van der Waals surface area contributed by atoms with Gasteiger partial charge >= 0.3 is 0 Å². The third-order valence-electron chi connectivity index (χ3n) is 3.69. The Balaban J connectivity index is 2.14. The fourth-order valence-electron chi connectivity index (χ4n) is 2.30. The van der Waals surface area contributed by atoms with Crippen LogP contribution in [0.3, 0.4) is 0 Å². The predicted molar refractivity (Wildman–Crippen MR) is 94.1 cm³/mol. The van der Waals surface area contributed by atoms with E-state index in [1.54, 1.807) is 7.05 Å². The molecule has 0 aliphatic carbocycles. The summed E-state index contributed by atoms with van der Waals surface area (Å²) in [6, 6.07) is 11.9. The Morgan fingerprint density at radius 3 is 2.29 bits per heavy atom. The Bertz CT molecular complexity index is 757. The molecule has 2 rings (SSSR count). The summed E-state index contributed by atoms with van der Waals surface area (Å²) in [5.41, 5.74) is 7.62. The lowest BCUT2D eigenvalue weighted by Gasteiger charge is -2.18. The number of nitrogens with two attached hydrogens (primary N) is 1. The number of carbonyl (C=O) groups is 1. The van der Waals surface area contributed by atoms with Crippen LogP contribution < -0.4 is 10.6 Å². The monoisotopic (exact) mass is 328 g/mol. The molecule has 2 aromatic rings. The van der Waals surface area contributed by atoms with Crippen molar-refractivity contribution >= 4 is 23.0 Å². The highest BCUT2D eigenvalue weighted by atomic mass is 16.6. The number of nitrogens with zero attached hydrogens (tertiary/aromatic N) is 3. The normalized spacial score (nSPS) is 10.3. The van der Waals surface area contributed by atoms with Gasteiger partial charge in [-0.3, -0.25) is 14.9 Å². The van der Waals surface area contributed by atoms with Gasteiger partial charge in [0.2, 0.25) is 0 Å². The van der Waals surface area contributed by atoms with Gasteiger partial charge in [-0.2, -0.15) is 0 Å². The minimum absolute atomic E-state index is 0.0403. The number of hydrogen-bond acceptors (Lipinski definition) is 5. The van der Waals surface area contributed by atoms with E-state index in [0.717, 1.165) is 11.3 Å². The second kappa shape index (κ2) is 6.99. The minimum Gasteiger partial charge on any atom is -0.393 e. The molecule has 0 bridgehead atoms. The van der Waals surface area contributed by atoms with Crippen molar-refractivity contribution in [1.29, 1.82) is 0 Å². The maximum atomic E-state index is 12.5. The van der Waals surface area contributed by atoms with Crippen LogP contribution in [0.4, 0.5) is 17.1 Å². The number of nitro groups is 1. The lowest BCUT2D eigenvalue weighted by molar-refractivity contribution is -0.383. The summed E-state index contributed by atoms with van der Waals surface area (Å²) in [7, 11) is 5.57. The van der Waals surface area contributed by atoms with E-state index in [1.165, 1.54) is 23.1 Å². The highest BCUT2D eigenvalue weighted by Crippen LogP contribution is 2.23. The molecule has 0 aliphatic heterocycles. The molecule has 0 saturated heterocycles. The molecule has 2 aromatic carbocycles. The van der Waals surface area contributed by atoms with Crippen molar-refractivity contribution < 1.29 is 9.72 Å². The maximum absolute atomic E-state index is 12.5. The minimum atomic E-state index is -0.591. The van der Waals surface area contributed by atoms with Gasteiger partial charge in [0.1, 0.15) is 5.69 Å². The first-order valence-corrected chi connectivity index (χ1v) is 7.35. The quantitative estimate of drug-likeness (QED) is 0.517. The summed E-state index contributed by atoms with van der Waals surface area (Å²) < 4.78 is 0. The van der Waals surface area contributed by atoms with E-state index in [0.29, 0.717) is 6.54 Å². The fraction of sp³-hybridized carbons (Fsp3) is 0.235. The molecule has 2 N–H and O–H groups in total. The summed E-state index contributed by atoms with van der Waals surface area (Å²) in [4.78, 5) is 26.3. The number of nitro benzene ring substituents is 1. The van der Waals surface area contributed by atoms with Gasteiger partial charge in [0, 0.05) is 45.0 Å².